The van der Waals surface area contributed by atoms with Gasteiger partial charge in [0, 0.05) is 6.42 Å². The molecule has 0 rings (SSSR count). The van der Waals surface area contributed by atoms with Crippen molar-refractivity contribution in [2.45, 2.75) is 45.6 Å². The van der Waals surface area contributed by atoms with E-state index >= 15 is 0 Å². The van der Waals surface area contributed by atoms with Gasteiger partial charge in [-0.15, -0.1) is 0 Å². The first kappa shape index (κ1) is 18.3. The van der Waals surface area contributed by atoms with Gasteiger partial charge in [0.1, 0.15) is 0 Å². The van der Waals surface area contributed by atoms with Crippen LogP contribution >= 0.6 is 0 Å². The first-order chi connectivity index (χ1) is 9.22. The van der Waals surface area contributed by atoms with Crippen LogP contribution in [0.5, 0.6) is 0 Å². The van der Waals surface area contributed by atoms with Gasteiger partial charge in [-0.3, -0.25) is 4.79 Å². The molecule has 1 N–H and O–H groups in total. The number of ketones is 1. The van der Waals surface area contributed by atoms with Crippen LogP contribution in [0.15, 0.2) is 36.0 Å². The van der Waals surface area contributed by atoms with Crippen LogP contribution in [-0.2, 0) is 14.3 Å². The van der Waals surface area contributed by atoms with Crippen molar-refractivity contribution in [1.82, 2.24) is 0 Å². The molecule has 1 unspecified atom stereocenters. The summed E-state index contributed by atoms with van der Waals surface area (Å²) in [6, 6.07) is 0. The molecule has 0 spiro atoms. The van der Waals surface area contributed by atoms with E-state index in [0.717, 1.165) is 24.0 Å². The van der Waals surface area contributed by atoms with Gasteiger partial charge >= 0.3 is 5.97 Å². The van der Waals surface area contributed by atoms with E-state index in [2.05, 4.69) is 11.3 Å². The number of esters is 1. The van der Waals surface area contributed by atoms with E-state index in [1.54, 1.807) is 6.08 Å². The van der Waals surface area contributed by atoms with Crippen molar-refractivity contribution in [1.29, 1.82) is 0 Å². The molecule has 1 atom stereocenters. The van der Waals surface area contributed by atoms with Crippen LogP contribution in [0.4, 0.5) is 0 Å². The average Bonchev–Trinajstić information content (AvgIpc) is 2.36. The third-order valence-electron chi connectivity index (χ3n) is 2.88. The molecule has 0 aromatic heterocycles. The molecule has 0 saturated carbocycles. The molecule has 4 heteroatoms. The average molecular weight is 280 g/mol. The second-order valence-corrected chi connectivity index (χ2v) is 5.09. The van der Waals surface area contributed by atoms with Gasteiger partial charge in [-0.2, -0.15) is 0 Å². The molecule has 0 bridgehead atoms. The minimum Gasteiger partial charge on any atom is -0.467 e. The van der Waals surface area contributed by atoms with E-state index in [1.165, 1.54) is 20.1 Å². The number of aliphatic hydroxyl groups is 1. The Kier molecular flexibility index (Phi) is 7.77. The fourth-order valence-electron chi connectivity index (χ4n) is 1.64. The Morgan fingerprint density at radius 2 is 1.95 bits per heavy atom. The van der Waals surface area contributed by atoms with Gasteiger partial charge in [-0.1, -0.05) is 29.9 Å². The number of hydrogen-bond acceptors (Lipinski definition) is 4. The molecular formula is C16H24O4. The Bertz CT molecular complexity index is 428. The summed E-state index contributed by atoms with van der Waals surface area (Å²) in [4.78, 5) is 23.0. The lowest BCUT2D eigenvalue weighted by Gasteiger charge is -2.18. The minimum atomic E-state index is -1.78. The van der Waals surface area contributed by atoms with E-state index in [9.17, 15) is 14.7 Å². The van der Waals surface area contributed by atoms with Crippen molar-refractivity contribution in [3.05, 3.63) is 36.0 Å². The largest absolute Gasteiger partial charge is 0.467 e. The Morgan fingerprint density at radius 1 is 1.35 bits per heavy atom. The monoisotopic (exact) mass is 280 g/mol. The van der Waals surface area contributed by atoms with Crippen molar-refractivity contribution in [2.24, 2.45) is 0 Å². The van der Waals surface area contributed by atoms with Gasteiger partial charge in [0.15, 0.2) is 11.4 Å². The van der Waals surface area contributed by atoms with Gasteiger partial charge in [-0.05, 0) is 39.7 Å². The standard InChI is InChI=1S/C16H24O4/c1-6-12(2)8-7-9-13(3)10-14(17)11-16(4,19)15(18)20-5/h6,8,10,19H,1,7,9,11H2,2-5H3. The summed E-state index contributed by atoms with van der Waals surface area (Å²) in [5.74, 6) is -1.09. The molecule has 0 aliphatic rings. The molecule has 0 aliphatic heterocycles. The number of methoxy groups -OCH3 is 1. The SMILES string of the molecule is C=CC(C)=CCCC(C)=CC(=O)CC(C)(O)C(=O)OC. The van der Waals surface area contributed by atoms with Crippen LogP contribution in [-0.4, -0.2) is 29.6 Å². The maximum atomic E-state index is 11.8. The van der Waals surface area contributed by atoms with Crippen molar-refractivity contribution in [3.8, 4) is 0 Å². The number of carbonyl (C=O) groups excluding carboxylic acids is 2. The minimum absolute atomic E-state index is 0.279. The van der Waals surface area contributed by atoms with E-state index in [-0.39, 0.29) is 12.2 Å². The van der Waals surface area contributed by atoms with E-state index in [4.69, 9.17) is 0 Å². The van der Waals surface area contributed by atoms with Crippen LogP contribution in [0.25, 0.3) is 0 Å². The number of hydrogen-bond donors (Lipinski definition) is 1. The molecule has 0 heterocycles. The number of rotatable bonds is 8. The van der Waals surface area contributed by atoms with Crippen LogP contribution < -0.4 is 0 Å². The molecule has 0 fully saturated rings. The fraction of sp³-hybridized carbons (Fsp3) is 0.500. The third-order valence-corrected chi connectivity index (χ3v) is 2.88. The van der Waals surface area contributed by atoms with Gasteiger partial charge in [0.05, 0.1) is 7.11 Å². The van der Waals surface area contributed by atoms with Crippen molar-refractivity contribution in [3.63, 3.8) is 0 Å². The zero-order chi connectivity index (χ0) is 15.8. The molecule has 0 aliphatic carbocycles. The summed E-state index contributed by atoms with van der Waals surface area (Å²) in [6.07, 6.45) is 6.57. The number of ether oxygens (including phenoxy) is 1. The number of carbonyl (C=O) groups is 2. The highest BCUT2D eigenvalue weighted by Crippen LogP contribution is 2.14. The zero-order valence-corrected chi connectivity index (χ0v) is 12.7. The molecule has 0 aromatic carbocycles. The van der Waals surface area contributed by atoms with Crippen LogP contribution in [0, 0.1) is 0 Å². The summed E-state index contributed by atoms with van der Waals surface area (Å²) in [5.41, 5.74) is 0.226. The summed E-state index contributed by atoms with van der Waals surface area (Å²) in [6.45, 7) is 8.75. The summed E-state index contributed by atoms with van der Waals surface area (Å²) in [7, 11) is 1.18. The molecule has 112 valence electrons. The molecule has 0 aromatic rings. The van der Waals surface area contributed by atoms with E-state index in [0.29, 0.717) is 0 Å². The second kappa shape index (κ2) is 8.48. The topological polar surface area (TPSA) is 63.6 Å². The van der Waals surface area contributed by atoms with Gasteiger partial charge in [0.25, 0.3) is 0 Å². The predicted octanol–water partition coefficient (Wildman–Crippen LogP) is 2.73. The lowest BCUT2D eigenvalue weighted by atomic mass is 9.98. The predicted molar refractivity (Wildman–Crippen MR) is 79.2 cm³/mol. The van der Waals surface area contributed by atoms with Crippen molar-refractivity contribution >= 4 is 11.8 Å². The number of allylic oxidation sites excluding steroid dienone is 5. The summed E-state index contributed by atoms with van der Waals surface area (Å²) >= 11 is 0. The van der Waals surface area contributed by atoms with Gasteiger partial charge < -0.3 is 9.84 Å². The lowest BCUT2D eigenvalue weighted by Crippen LogP contribution is -2.38. The molecular weight excluding hydrogens is 256 g/mol. The highest BCUT2D eigenvalue weighted by molar-refractivity contribution is 5.95. The van der Waals surface area contributed by atoms with Crippen molar-refractivity contribution in [2.75, 3.05) is 7.11 Å². The Balaban J connectivity index is 4.47. The molecule has 20 heavy (non-hydrogen) atoms. The maximum absolute atomic E-state index is 11.8. The van der Waals surface area contributed by atoms with E-state index < -0.39 is 11.6 Å². The van der Waals surface area contributed by atoms with Crippen LogP contribution in [0.3, 0.4) is 0 Å². The molecule has 4 nitrogen and oxygen atoms in total. The van der Waals surface area contributed by atoms with Crippen LogP contribution in [0.2, 0.25) is 0 Å². The Labute approximate surface area is 120 Å². The quantitative estimate of drug-likeness (QED) is 0.422. The fourth-order valence-corrected chi connectivity index (χ4v) is 1.64. The normalized spacial score (nSPS) is 15.4. The highest BCUT2D eigenvalue weighted by atomic mass is 16.5. The Morgan fingerprint density at radius 3 is 2.45 bits per heavy atom. The molecule has 0 radical (unpaired) electrons. The molecule has 0 saturated heterocycles. The van der Waals surface area contributed by atoms with E-state index in [1.807, 2.05) is 19.9 Å². The smallest absolute Gasteiger partial charge is 0.338 e. The van der Waals surface area contributed by atoms with Crippen molar-refractivity contribution < 1.29 is 19.4 Å². The highest BCUT2D eigenvalue weighted by Gasteiger charge is 2.33. The lowest BCUT2D eigenvalue weighted by molar-refractivity contribution is -0.162. The zero-order valence-electron chi connectivity index (χ0n) is 12.7. The summed E-state index contributed by atoms with van der Waals surface area (Å²) < 4.78 is 4.45. The maximum Gasteiger partial charge on any atom is 0.338 e. The van der Waals surface area contributed by atoms with Crippen LogP contribution in [0.1, 0.15) is 40.0 Å². The summed E-state index contributed by atoms with van der Waals surface area (Å²) in [5, 5.41) is 9.80. The first-order valence-corrected chi connectivity index (χ1v) is 6.53. The third kappa shape index (κ3) is 7.04. The second-order valence-electron chi connectivity index (χ2n) is 5.09. The first-order valence-electron chi connectivity index (χ1n) is 6.53. The van der Waals surface area contributed by atoms with Gasteiger partial charge in [-0.25, -0.2) is 4.79 Å². The Hall–Kier alpha value is -1.68. The molecule has 0 amide bonds. The van der Waals surface area contributed by atoms with Gasteiger partial charge in [0.2, 0.25) is 0 Å².